The van der Waals surface area contributed by atoms with Crippen molar-refractivity contribution in [1.82, 2.24) is 9.88 Å². The normalized spacial score (nSPS) is 29.6. The van der Waals surface area contributed by atoms with E-state index >= 15 is 4.79 Å². The second-order valence-corrected chi connectivity index (χ2v) is 36.6. The van der Waals surface area contributed by atoms with E-state index < -0.39 is 42.3 Å². The smallest absolute Gasteiger partial charge is 0.309 e. The molecule has 0 N–H and O–H groups in total. The molecule has 0 spiro atoms. The van der Waals surface area contributed by atoms with E-state index in [9.17, 15) is 4.79 Å². The molecule has 58 heavy (non-hydrogen) atoms. The average molecular weight is 898 g/mol. The average Bonchev–Trinajstić information content (AvgIpc) is 3.46. The molecule has 3 heterocycles. The van der Waals surface area contributed by atoms with Crippen LogP contribution < -0.4 is 0 Å². The van der Waals surface area contributed by atoms with Crippen LogP contribution in [0.15, 0.2) is 15.3 Å². The SMILES string of the molecule is CC[Si](CC)(CC)OC1[C@@H](C)CCC[C@]2(C)[C@H](C[C@@H](/C(C)=C/c3csc(SC)n3)OC(=O)C[C@H](O[Si](CC)(CC)CC)C(C)(C)C(=O)[C@@H]1C)N2COCC[Si](C)(C)C. The largest absolute Gasteiger partial charge is 0.458 e. The molecular weight excluding hydrogens is 813 g/mol. The lowest BCUT2D eigenvalue weighted by Gasteiger charge is -2.44. The molecule has 0 radical (unpaired) electrons. The number of ketones is 1. The van der Waals surface area contributed by atoms with Crippen molar-refractivity contribution in [2.24, 2.45) is 17.3 Å². The molecule has 0 bridgehead atoms. The number of Topliss-reactive ketones (excluding diaryl/α,β-unsaturated/α-hetero) is 1. The number of carbonyl (C=O) groups is 2. The molecule has 2 saturated heterocycles. The maximum Gasteiger partial charge on any atom is 0.309 e. The highest BCUT2D eigenvalue weighted by molar-refractivity contribution is 8.00. The zero-order chi connectivity index (χ0) is 43.7. The number of aromatic nitrogens is 1. The first kappa shape index (κ1) is 51.7. The first-order valence-electron chi connectivity index (χ1n) is 22.8. The van der Waals surface area contributed by atoms with Gasteiger partial charge in [-0.1, -0.05) is 107 Å². The van der Waals surface area contributed by atoms with Crippen LogP contribution in [0.3, 0.4) is 0 Å². The maximum atomic E-state index is 15.2. The van der Waals surface area contributed by atoms with Crippen LogP contribution in [-0.2, 0) is 27.9 Å². The van der Waals surface area contributed by atoms with Crippen LogP contribution in [0.25, 0.3) is 6.08 Å². The van der Waals surface area contributed by atoms with Gasteiger partial charge in [-0.3, -0.25) is 14.5 Å². The number of ether oxygens (including phenoxy) is 2. The van der Waals surface area contributed by atoms with Crippen LogP contribution in [0.1, 0.15) is 121 Å². The van der Waals surface area contributed by atoms with E-state index in [1.807, 2.05) is 20.1 Å². The highest BCUT2D eigenvalue weighted by atomic mass is 32.2. The number of hydrogen-bond acceptors (Lipinski definition) is 10. The van der Waals surface area contributed by atoms with Gasteiger partial charge in [0.1, 0.15) is 16.2 Å². The minimum absolute atomic E-state index is 0.0292. The van der Waals surface area contributed by atoms with Gasteiger partial charge in [-0.25, -0.2) is 4.98 Å². The standard InChI is InChI=1S/C45H84N2O6S2Si3/c1-17-57(18-2,19-3)52-39-30-40(48)51-37(34(8)28-36-31-55-43(46-36)54-13)29-38-45(12,47(38)32-50-26-27-56(14,15)16)25-23-24-33(7)41(35(9)42(49)44(39,10)11)53-58(20-4,21-5)22-6/h28,31,33,35,37-39,41H,17-27,29-30,32H2,1-16H3/b34-28+/t33-,35+,37-,38-,39-,41?,45+,47?/m0/s1. The van der Waals surface area contributed by atoms with Crippen LogP contribution in [-0.4, -0.2) is 95.8 Å². The quantitative estimate of drug-likeness (QED) is 0.0470. The van der Waals surface area contributed by atoms with Gasteiger partial charge < -0.3 is 18.3 Å². The van der Waals surface area contributed by atoms with Gasteiger partial charge in [-0.2, -0.15) is 0 Å². The Hall–Kier alpha value is -0.649. The van der Waals surface area contributed by atoms with E-state index in [1.54, 1.807) is 23.1 Å². The zero-order valence-electron chi connectivity index (χ0n) is 39.7. The summed E-state index contributed by atoms with van der Waals surface area (Å²) < 4.78 is 28.7. The molecule has 0 saturated carbocycles. The second kappa shape index (κ2) is 22.1. The van der Waals surface area contributed by atoms with Crippen LogP contribution >= 0.6 is 23.1 Å². The summed E-state index contributed by atoms with van der Waals surface area (Å²) in [6.45, 7) is 34.8. The van der Waals surface area contributed by atoms with Gasteiger partial charge >= 0.3 is 5.97 Å². The third-order valence-corrected chi connectivity index (χ3v) is 27.3. The molecule has 1 aromatic rings. The van der Waals surface area contributed by atoms with Crippen molar-refractivity contribution in [3.8, 4) is 0 Å². The Labute approximate surface area is 366 Å². The molecule has 1 aromatic heterocycles. The monoisotopic (exact) mass is 897 g/mol. The van der Waals surface area contributed by atoms with Crippen molar-refractivity contribution in [3.63, 3.8) is 0 Å². The van der Waals surface area contributed by atoms with Crippen LogP contribution in [0.2, 0.25) is 61.9 Å². The zero-order valence-corrected chi connectivity index (χ0v) is 44.3. The van der Waals surface area contributed by atoms with Gasteiger partial charge in [-0.05, 0) is 92.8 Å². The van der Waals surface area contributed by atoms with Crippen LogP contribution in [0, 0.1) is 17.3 Å². The van der Waals surface area contributed by atoms with Crippen molar-refractivity contribution in [2.45, 2.75) is 211 Å². The predicted octanol–water partition coefficient (Wildman–Crippen LogP) is 12.5. The summed E-state index contributed by atoms with van der Waals surface area (Å²) in [5.74, 6) is -0.333. The number of fused-ring (bicyclic) bond motifs is 1. The number of hydrogen-bond donors (Lipinski definition) is 0. The molecular formula is C45H84N2O6S2Si3. The summed E-state index contributed by atoms with van der Waals surface area (Å²) in [7, 11) is -5.56. The predicted molar refractivity (Wildman–Crippen MR) is 255 cm³/mol. The highest BCUT2D eigenvalue weighted by Crippen LogP contribution is 2.49. The molecule has 2 fully saturated rings. The fourth-order valence-electron chi connectivity index (χ4n) is 9.28. The highest BCUT2D eigenvalue weighted by Gasteiger charge is 2.59. The summed E-state index contributed by atoms with van der Waals surface area (Å²) in [5, 5.41) is 2.07. The third-order valence-electron chi connectivity index (χ3n) is 14.4. The van der Waals surface area contributed by atoms with E-state index in [4.69, 9.17) is 23.3 Å². The first-order valence-corrected chi connectivity index (χ1v) is 33.6. The summed E-state index contributed by atoms with van der Waals surface area (Å²) in [6, 6.07) is 7.20. The minimum Gasteiger partial charge on any atom is -0.458 e. The Morgan fingerprint density at radius 2 is 1.57 bits per heavy atom. The molecule has 2 aliphatic rings. The van der Waals surface area contributed by atoms with Crippen LogP contribution in [0.5, 0.6) is 0 Å². The van der Waals surface area contributed by atoms with Gasteiger partial charge in [0, 0.05) is 49.4 Å². The van der Waals surface area contributed by atoms with E-state index in [2.05, 4.69) is 105 Å². The van der Waals surface area contributed by atoms with E-state index in [0.29, 0.717) is 13.2 Å². The lowest BCUT2D eigenvalue weighted by atomic mass is 9.73. The Balaban J connectivity index is 2.15. The number of esters is 1. The van der Waals surface area contributed by atoms with Crippen molar-refractivity contribution in [2.75, 3.05) is 19.6 Å². The number of thiazole rings is 1. The van der Waals surface area contributed by atoms with Crippen molar-refractivity contribution >= 4 is 65.6 Å². The topological polar surface area (TPSA) is 87.0 Å². The molecule has 334 valence electrons. The van der Waals surface area contributed by atoms with Crippen molar-refractivity contribution in [1.29, 1.82) is 0 Å². The summed E-state index contributed by atoms with van der Waals surface area (Å²) in [6.07, 6.45) is 6.57. The van der Waals surface area contributed by atoms with Crippen LogP contribution in [0.4, 0.5) is 0 Å². The molecule has 3 rings (SSSR count). The van der Waals surface area contributed by atoms with Gasteiger partial charge in [0.2, 0.25) is 0 Å². The van der Waals surface area contributed by atoms with Gasteiger partial charge in [0.15, 0.2) is 16.6 Å². The Bertz CT molecular complexity index is 1480. The molecule has 0 aliphatic carbocycles. The molecule has 8 atom stereocenters. The number of rotatable bonds is 18. The van der Waals surface area contributed by atoms with Gasteiger partial charge in [-0.15, -0.1) is 11.3 Å². The van der Waals surface area contributed by atoms with Gasteiger partial charge in [0.05, 0.1) is 31.1 Å². The molecule has 0 amide bonds. The maximum absolute atomic E-state index is 15.2. The number of thioether (sulfide) groups is 1. The molecule has 2 aliphatic heterocycles. The fourth-order valence-corrected chi connectivity index (χ4v) is 17.3. The fraction of sp³-hybridized carbons (Fsp3) is 0.844. The van der Waals surface area contributed by atoms with E-state index in [0.717, 1.165) is 83.8 Å². The Morgan fingerprint density at radius 3 is 2.10 bits per heavy atom. The lowest BCUT2D eigenvalue weighted by molar-refractivity contribution is -0.153. The van der Waals surface area contributed by atoms with Crippen molar-refractivity contribution in [3.05, 3.63) is 16.6 Å². The van der Waals surface area contributed by atoms with Gasteiger partial charge in [0.25, 0.3) is 0 Å². The first-order chi connectivity index (χ1) is 27.1. The Kier molecular flexibility index (Phi) is 19.7. The molecule has 8 nitrogen and oxygen atoms in total. The molecule has 0 aromatic carbocycles. The molecule has 13 heteroatoms. The van der Waals surface area contributed by atoms with E-state index in [-0.39, 0.29) is 47.7 Å². The summed E-state index contributed by atoms with van der Waals surface area (Å²) >= 11 is 3.27. The minimum atomic E-state index is -2.25. The van der Waals surface area contributed by atoms with Crippen molar-refractivity contribution < 1.29 is 27.9 Å². The van der Waals surface area contributed by atoms with E-state index in [1.165, 1.54) is 0 Å². The number of carbonyl (C=O) groups excluding carboxylic acids is 2. The number of cyclic esters (lactones) is 1. The summed E-state index contributed by atoms with van der Waals surface area (Å²) in [4.78, 5) is 37.0. The summed E-state index contributed by atoms with van der Waals surface area (Å²) in [5.41, 5.74) is 0.838. The second-order valence-electron chi connectivity index (χ2n) is 19.7. The number of nitrogens with zero attached hydrogens (tertiary/aromatic N) is 2. The Morgan fingerprint density at radius 1 is 0.983 bits per heavy atom. The molecule has 2 unspecified atom stereocenters. The lowest BCUT2D eigenvalue weighted by Crippen LogP contribution is -2.53. The third kappa shape index (κ3) is 13.2.